The second kappa shape index (κ2) is 6.66. The predicted octanol–water partition coefficient (Wildman–Crippen LogP) is 1.51. The van der Waals surface area contributed by atoms with Crippen LogP contribution in [0.3, 0.4) is 0 Å². The van der Waals surface area contributed by atoms with Crippen molar-refractivity contribution in [2.24, 2.45) is 5.73 Å². The summed E-state index contributed by atoms with van der Waals surface area (Å²) in [4.78, 5) is 15.9. The van der Waals surface area contributed by atoms with Gasteiger partial charge in [0.2, 0.25) is 0 Å². The first-order valence-electron chi connectivity index (χ1n) is 6.26. The number of pyridine rings is 1. The lowest BCUT2D eigenvalue weighted by Gasteiger charge is -2.05. The Bertz CT molecular complexity index is 540. The molecule has 1 amide bonds. The van der Waals surface area contributed by atoms with E-state index in [4.69, 9.17) is 5.73 Å². The highest BCUT2D eigenvalue weighted by atomic mass is 16.1. The minimum absolute atomic E-state index is 0.161. The summed E-state index contributed by atoms with van der Waals surface area (Å²) in [6.45, 7) is 1.00. The van der Waals surface area contributed by atoms with Gasteiger partial charge in [-0.25, -0.2) is 0 Å². The molecule has 0 aliphatic heterocycles. The molecular formula is C15H17N3O. The summed E-state index contributed by atoms with van der Waals surface area (Å²) in [5.41, 5.74) is 8.05. The van der Waals surface area contributed by atoms with Gasteiger partial charge in [-0.15, -0.1) is 0 Å². The fourth-order valence-electron chi connectivity index (χ4n) is 1.78. The van der Waals surface area contributed by atoms with E-state index in [-0.39, 0.29) is 5.91 Å². The Hall–Kier alpha value is -2.20. The van der Waals surface area contributed by atoms with Crippen molar-refractivity contribution in [3.05, 3.63) is 65.5 Å². The molecule has 0 radical (unpaired) electrons. The van der Waals surface area contributed by atoms with E-state index < -0.39 is 0 Å². The number of carbonyl (C=O) groups excluding carboxylic acids is 1. The van der Waals surface area contributed by atoms with Crippen LogP contribution in [0, 0.1) is 0 Å². The largest absolute Gasteiger partial charge is 0.350 e. The van der Waals surface area contributed by atoms with E-state index in [9.17, 15) is 4.79 Å². The standard InChI is InChI=1S/C15H17N3O/c16-11-13-7-8-17-14(10-13)15(19)18-9-6-12-4-2-1-3-5-12/h1-5,7-8,10H,6,9,11,16H2,(H,18,19). The van der Waals surface area contributed by atoms with Crippen LogP contribution in [0.1, 0.15) is 21.6 Å². The van der Waals surface area contributed by atoms with E-state index >= 15 is 0 Å². The van der Waals surface area contributed by atoms with E-state index in [1.54, 1.807) is 18.3 Å². The van der Waals surface area contributed by atoms with E-state index in [2.05, 4.69) is 10.3 Å². The van der Waals surface area contributed by atoms with Crippen LogP contribution in [0.25, 0.3) is 0 Å². The third kappa shape index (κ3) is 3.89. The number of rotatable bonds is 5. The van der Waals surface area contributed by atoms with Crippen LogP contribution >= 0.6 is 0 Å². The summed E-state index contributed by atoms with van der Waals surface area (Å²) in [6, 6.07) is 13.6. The Morgan fingerprint density at radius 1 is 1.16 bits per heavy atom. The molecule has 0 fully saturated rings. The molecule has 19 heavy (non-hydrogen) atoms. The Kier molecular flexibility index (Phi) is 4.64. The molecule has 4 heteroatoms. The first kappa shape index (κ1) is 13.2. The minimum Gasteiger partial charge on any atom is -0.350 e. The first-order chi connectivity index (χ1) is 9.29. The highest BCUT2D eigenvalue weighted by Gasteiger charge is 2.06. The molecule has 3 N–H and O–H groups in total. The van der Waals surface area contributed by atoms with Crippen molar-refractivity contribution >= 4 is 5.91 Å². The number of hydrogen-bond acceptors (Lipinski definition) is 3. The maximum atomic E-state index is 11.9. The molecule has 0 saturated heterocycles. The Morgan fingerprint density at radius 2 is 1.95 bits per heavy atom. The van der Waals surface area contributed by atoms with Crippen LogP contribution in [-0.2, 0) is 13.0 Å². The van der Waals surface area contributed by atoms with Crippen molar-refractivity contribution < 1.29 is 4.79 Å². The zero-order valence-electron chi connectivity index (χ0n) is 10.7. The third-order valence-corrected chi connectivity index (χ3v) is 2.83. The SMILES string of the molecule is NCc1ccnc(C(=O)NCCc2ccccc2)c1. The molecule has 0 aliphatic rings. The van der Waals surface area contributed by atoms with Gasteiger partial charge >= 0.3 is 0 Å². The van der Waals surface area contributed by atoms with E-state index in [0.29, 0.717) is 18.8 Å². The maximum absolute atomic E-state index is 11.9. The van der Waals surface area contributed by atoms with Crippen LogP contribution in [0.5, 0.6) is 0 Å². The predicted molar refractivity (Wildman–Crippen MR) is 74.6 cm³/mol. The fraction of sp³-hybridized carbons (Fsp3) is 0.200. The summed E-state index contributed by atoms with van der Waals surface area (Å²) in [7, 11) is 0. The van der Waals surface area contributed by atoms with Gasteiger partial charge in [0.05, 0.1) is 0 Å². The molecule has 1 aromatic carbocycles. The average Bonchev–Trinajstić information content (AvgIpc) is 2.48. The molecular weight excluding hydrogens is 238 g/mol. The van der Waals surface area contributed by atoms with E-state index in [0.717, 1.165) is 12.0 Å². The average molecular weight is 255 g/mol. The van der Waals surface area contributed by atoms with Crippen molar-refractivity contribution in [1.29, 1.82) is 0 Å². The lowest BCUT2D eigenvalue weighted by molar-refractivity contribution is 0.0949. The molecule has 1 aromatic heterocycles. The molecule has 4 nitrogen and oxygen atoms in total. The van der Waals surface area contributed by atoms with Crippen LogP contribution in [0.2, 0.25) is 0 Å². The van der Waals surface area contributed by atoms with Crippen LogP contribution in [0.4, 0.5) is 0 Å². The topological polar surface area (TPSA) is 68.0 Å². The van der Waals surface area contributed by atoms with Crippen molar-refractivity contribution in [3.63, 3.8) is 0 Å². The van der Waals surface area contributed by atoms with Crippen LogP contribution in [0.15, 0.2) is 48.7 Å². The van der Waals surface area contributed by atoms with Crippen molar-refractivity contribution in [2.75, 3.05) is 6.54 Å². The lowest BCUT2D eigenvalue weighted by Crippen LogP contribution is -2.26. The van der Waals surface area contributed by atoms with Gasteiger partial charge in [-0.1, -0.05) is 30.3 Å². The molecule has 0 unspecified atom stereocenters. The van der Waals surface area contributed by atoms with E-state index in [1.165, 1.54) is 5.56 Å². The second-order valence-electron chi connectivity index (χ2n) is 4.24. The Morgan fingerprint density at radius 3 is 2.68 bits per heavy atom. The first-order valence-corrected chi connectivity index (χ1v) is 6.26. The van der Waals surface area contributed by atoms with Gasteiger partial charge in [-0.05, 0) is 29.7 Å². The van der Waals surface area contributed by atoms with Crippen molar-refractivity contribution in [1.82, 2.24) is 10.3 Å². The molecule has 98 valence electrons. The van der Waals surface area contributed by atoms with Crippen LogP contribution in [-0.4, -0.2) is 17.4 Å². The zero-order chi connectivity index (χ0) is 13.5. The number of nitrogens with two attached hydrogens (primary N) is 1. The summed E-state index contributed by atoms with van der Waals surface area (Å²) in [5.74, 6) is -0.161. The smallest absolute Gasteiger partial charge is 0.269 e. The van der Waals surface area contributed by atoms with Crippen molar-refractivity contribution in [3.8, 4) is 0 Å². The minimum atomic E-state index is -0.161. The zero-order valence-corrected chi connectivity index (χ0v) is 10.7. The van der Waals surface area contributed by atoms with Gasteiger partial charge in [-0.2, -0.15) is 0 Å². The monoisotopic (exact) mass is 255 g/mol. The highest BCUT2D eigenvalue weighted by Crippen LogP contribution is 2.02. The number of benzene rings is 1. The Balaban J connectivity index is 1.87. The molecule has 2 rings (SSSR count). The molecule has 0 saturated carbocycles. The maximum Gasteiger partial charge on any atom is 0.269 e. The normalized spacial score (nSPS) is 10.2. The fourth-order valence-corrected chi connectivity index (χ4v) is 1.78. The number of nitrogens with one attached hydrogen (secondary N) is 1. The van der Waals surface area contributed by atoms with Gasteiger partial charge in [0.15, 0.2) is 0 Å². The molecule has 1 heterocycles. The lowest BCUT2D eigenvalue weighted by atomic mass is 10.1. The Labute approximate surface area is 112 Å². The summed E-state index contributed by atoms with van der Waals surface area (Å²) in [6.07, 6.45) is 2.41. The second-order valence-corrected chi connectivity index (χ2v) is 4.24. The number of carbonyl (C=O) groups is 1. The number of amides is 1. The van der Waals surface area contributed by atoms with Gasteiger partial charge < -0.3 is 11.1 Å². The molecule has 0 atom stereocenters. The van der Waals surface area contributed by atoms with Crippen molar-refractivity contribution in [2.45, 2.75) is 13.0 Å². The van der Waals surface area contributed by atoms with Gasteiger partial charge in [0.1, 0.15) is 5.69 Å². The number of nitrogens with zero attached hydrogens (tertiary/aromatic N) is 1. The molecule has 0 bridgehead atoms. The van der Waals surface area contributed by atoms with Gasteiger partial charge in [-0.3, -0.25) is 9.78 Å². The number of hydrogen-bond donors (Lipinski definition) is 2. The summed E-state index contributed by atoms with van der Waals surface area (Å²) >= 11 is 0. The number of aromatic nitrogens is 1. The molecule has 0 aliphatic carbocycles. The van der Waals surface area contributed by atoms with Gasteiger partial charge in [0.25, 0.3) is 5.91 Å². The third-order valence-electron chi connectivity index (χ3n) is 2.83. The van der Waals surface area contributed by atoms with Gasteiger partial charge in [0, 0.05) is 19.3 Å². The highest BCUT2D eigenvalue weighted by molar-refractivity contribution is 5.92. The van der Waals surface area contributed by atoms with Crippen LogP contribution < -0.4 is 11.1 Å². The molecule has 2 aromatic rings. The summed E-state index contributed by atoms with van der Waals surface area (Å²) < 4.78 is 0. The quantitative estimate of drug-likeness (QED) is 0.851. The summed E-state index contributed by atoms with van der Waals surface area (Å²) in [5, 5.41) is 2.86. The molecule has 0 spiro atoms. The van der Waals surface area contributed by atoms with E-state index in [1.807, 2.05) is 30.3 Å².